The number of carbonyl (C=O) groups is 1. The van der Waals surface area contributed by atoms with Crippen LogP contribution in [-0.2, 0) is 11.8 Å². The summed E-state index contributed by atoms with van der Waals surface area (Å²) in [5.74, 6) is 1.30. The van der Waals surface area contributed by atoms with Gasteiger partial charge >= 0.3 is 0 Å². The van der Waals surface area contributed by atoms with Crippen molar-refractivity contribution in [2.24, 2.45) is 7.05 Å². The summed E-state index contributed by atoms with van der Waals surface area (Å²) in [5, 5.41) is 21.2. The predicted molar refractivity (Wildman–Crippen MR) is 89.0 cm³/mol. The third kappa shape index (κ3) is 3.46. The van der Waals surface area contributed by atoms with Crippen LogP contribution >= 0.6 is 11.8 Å². The predicted octanol–water partition coefficient (Wildman–Crippen LogP) is 2.51. The van der Waals surface area contributed by atoms with Gasteiger partial charge in [-0.1, -0.05) is 31.0 Å². The molecule has 0 bridgehead atoms. The zero-order valence-electron chi connectivity index (χ0n) is 13.5. The fourth-order valence-corrected chi connectivity index (χ4v) is 3.63. The van der Waals surface area contributed by atoms with Crippen molar-refractivity contribution in [2.45, 2.75) is 42.8 Å². The first-order chi connectivity index (χ1) is 11.6. The van der Waals surface area contributed by atoms with Crippen molar-refractivity contribution in [2.75, 3.05) is 5.75 Å². The average Bonchev–Trinajstić information content (AvgIpc) is 3.23. The summed E-state index contributed by atoms with van der Waals surface area (Å²) in [6, 6.07) is 5.89. The molecule has 0 atom stereocenters. The molecule has 0 aromatic carbocycles. The lowest BCUT2D eigenvalue weighted by atomic mass is 9.83. The number of nitrogens with zero attached hydrogens (tertiary/aromatic N) is 4. The molecule has 1 saturated carbocycles. The molecule has 0 unspecified atom stereocenters. The first-order valence-electron chi connectivity index (χ1n) is 7.92. The molecule has 0 aliphatic heterocycles. The molecule has 2 aromatic rings. The second kappa shape index (κ2) is 7.09. The van der Waals surface area contributed by atoms with Gasteiger partial charge in [0.25, 0.3) is 0 Å². The highest BCUT2D eigenvalue weighted by Gasteiger charge is 2.33. The Labute approximate surface area is 144 Å². The lowest BCUT2D eigenvalue weighted by molar-refractivity contribution is -0.120. The van der Waals surface area contributed by atoms with Crippen LogP contribution in [0.4, 0.5) is 0 Å². The molecular formula is C16H19N5O2S. The molecule has 1 aliphatic carbocycles. The molecule has 7 nitrogen and oxygen atoms in total. The first kappa shape index (κ1) is 16.6. The second-order valence-electron chi connectivity index (χ2n) is 5.93. The number of furan rings is 1. The number of nitrogens with one attached hydrogen (secondary N) is 1. The molecule has 2 aromatic heterocycles. The summed E-state index contributed by atoms with van der Waals surface area (Å²) in [6.45, 7) is 0. The molecule has 1 N–H and O–H groups in total. The van der Waals surface area contributed by atoms with Crippen LogP contribution in [0.2, 0.25) is 0 Å². The van der Waals surface area contributed by atoms with Gasteiger partial charge in [0.15, 0.2) is 16.7 Å². The fourth-order valence-electron chi connectivity index (χ4n) is 2.91. The van der Waals surface area contributed by atoms with Gasteiger partial charge < -0.3 is 14.3 Å². The van der Waals surface area contributed by atoms with Crippen LogP contribution in [0.3, 0.4) is 0 Å². The molecule has 2 heterocycles. The molecule has 1 aliphatic rings. The highest BCUT2D eigenvalue weighted by atomic mass is 32.2. The van der Waals surface area contributed by atoms with Crippen molar-refractivity contribution in [1.29, 1.82) is 5.26 Å². The maximum atomic E-state index is 12.2. The summed E-state index contributed by atoms with van der Waals surface area (Å²) < 4.78 is 7.11. The van der Waals surface area contributed by atoms with Crippen molar-refractivity contribution in [1.82, 2.24) is 20.1 Å². The number of carbonyl (C=O) groups excluding carboxylic acids is 1. The lowest BCUT2D eigenvalue weighted by Crippen LogP contribution is -2.49. The summed E-state index contributed by atoms with van der Waals surface area (Å²) in [7, 11) is 1.83. The molecule has 0 radical (unpaired) electrons. The molecule has 0 spiro atoms. The fraction of sp³-hybridized carbons (Fsp3) is 0.500. The Hall–Kier alpha value is -2.27. The van der Waals surface area contributed by atoms with Crippen molar-refractivity contribution in [3.8, 4) is 17.7 Å². The normalized spacial score (nSPS) is 16.5. The standard InChI is InChI=1S/C16H19N5O2S/c1-21-14(12-6-5-9-23-12)19-20-15(21)24-10-13(22)18-16(11-17)7-3-2-4-8-16/h5-6,9H,2-4,7-8,10H2,1H3,(H,18,22). The highest BCUT2D eigenvalue weighted by Crippen LogP contribution is 2.28. The van der Waals surface area contributed by atoms with Crippen LogP contribution in [0.1, 0.15) is 32.1 Å². The number of aromatic nitrogens is 3. The zero-order chi connectivity index (χ0) is 17.0. The molecule has 0 saturated heterocycles. The summed E-state index contributed by atoms with van der Waals surface area (Å²) in [6.07, 6.45) is 6.13. The third-order valence-electron chi connectivity index (χ3n) is 4.21. The number of hydrogen-bond acceptors (Lipinski definition) is 6. The van der Waals surface area contributed by atoms with Crippen LogP contribution in [0, 0.1) is 11.3 Å². The van der Waals surface area contributed by atoms with Gasteiger partial charge in [-0.3, -0.25) is 4.79 Å². The van der Waals surface area contributed by atoms with Crippen LogP contribution < -0.4 is 5.32 Å². The number of nitriles is 1. The van der Waals surface area contributed by atoms with Crippen molar-refractivity contribution in [3.05, 3.63) is 18.4 Å². The first-order valence-corrected chi connectivity index (χ1v) is 8.90. The van der Waals surface area contributed by atoms with E-state index < -0.39 is 5.54 Å². The van der Waals surface area contributed by atoms with Gasteiger partial charge in [0.05, 0.1) is 18.1 Å². The van der Waals surface area contributed by atoms with Gasteiger partial charge in [-0.15, -0.1) is 10.2 Å². The third-order valence-corrected chi connectivity index (χ3v) is 5.23. The Bertz CT molecular complexity index is 741. The van der Waals surface area contributed by atoms with Crippen molar-refractivity contribution in [3.63, 3.8) is 0 Å². The second-order valence-corrected chi connectivity index (χ2v) is 6.88. The van der Waals surface area contributed by atoms with E-state index in [2.05, 4.69) is 21.6 Å². The smallest absolute Gasteiger partial charge is 0.231 e. The van der Waals surface area contributed by atoms with E-state index in [1.807, 2.05) is 13.1 Å². The van der Waals surface area contributed by atoms with Crippen molar-refractivity contribution < 1.29 is 9.21 Å². The van der Waals surface area contributed by atoms with E-state index in [0.29, 0.717) is 16.7 Å². The molecule has 1 fully saturated rings. The summed E-state index contributed by atoms with van der Waals surface area (Å²) in [4.78, 5) is 12.2. The molecular weight excluding hydrogens is 326 g/mol. The molecule has 126 valence electrons. The molecule has 8 heteroatoms. The molecule has 1 amide bonds. The van der Waals surface area contributed by atoms with Crippen LogP contribution in [-0.4, -0.2) is 32.0 Å². The van der Waals surface area contributed by atoms with Crippen LogP contribution in [0.25, 0.3) is 11.6 Å². The number of thioether (sulfide) groups is 1. The average molecular weight is 345 g/mol. The van der Waals surface area contributed by atoms with E-state index in [9.17, 15) is 10.1 Å². The highest BCUT2D eigenvalue weighted by molar-refractivity contribution is 7.99. The number of amides is 1. The van der Waals surface area contributed by atoms with E-state index in [1.54, 1.807) is 16.9 Å². The van der Waals surface area contributed by atoms with E-state index >= 15 is 0 Å². The monoisotopic (exact) mass is 345 g/mol. The lowest BCUT2D eigenvalue weighted by Gasteiger charge is -2.31. The van der Waals surface area contributed by atoms with Gasteiger partial charge in [-0.25, -0.2) is 0 Å². The number of hydrogen-bond donors (Lipinski definition) is 1. The van der Waals surface area contributed by atoms with Gasteiger partial charge in [0.1, 0.15) is 5.54 Å². The van der Waals surface area contributed by atoms with Gasteiger partial charge in [-0.05, 0) is 25.0 Å². The molecule has 24 heavy (non-hydrogen) atoms. The van der Waals surface area contributed by atoms with Gasteiger partial charge in [-0.2, -0.15) is 5.26 Å². The van der Waals surface area contributed by atoms with E-state index in [-0.39, 0.29) is 11.7 Å². The Morgan fingerprint density at radius 1 is 1.46 bits per heavy atom. The SMILES string of the molecule is Cn1c(SCC(=O)NC2(C#N)CCCCC2)nnc1-c1ccco1. The van der Waals surface area contributed by atoms with Gasteiger partial charge in [0, 0.05) is 7.05 Å². The van der Waals surface area contributed by atoms with Crippen molar-refractivity contribution >= 4 is 17.7 Å². The van der Waals surface area contributed by atoms with Gasteiger partial charge in [0.2, 0.25) is 5.91 Å². The Kier molecular flexibility index (Phi) is 4.90. The summed E-state index contributed by atoms with van der Waals surface area (Å²) in [5.41, 5.74) is -0.699. The maximum Gasteiger partial charge on any atom is 0.231 e. The van der Waals surface area contributed by atoms with Crippen LogP contribution in [0.15, 0.2) is 28.0 Å². The summed E-state index contributed by atoms with van der Waals surface area (Å²) >= 11 is 1.30. The largest absolute Gasteiger partial charge is 0.461 e. The minimum Gasteiger partial charge on any atom is -0.461 e. The Morgan fingerprint density at radius 3 is 2.92 bits per heavy atom. The molecule has 3 rings (SSSR count). The van der Waals surface area contributed by atoms with E-state index in [0.717, 1.165) is 32.1 Å². The van der Waals surface area contributed by atoms with Crippen LogP contribution in [0.5, 0.6) is 0 Å². The number of rotatable bonds is 5. The van der Waals surface area contributed by atoms with E-state index in [1.165, 1.54) is 11.8 Å². The minimum absolute atomic E-state index is 0.147. The Balaban J connectivity index is 1.60. The minimum atomic E-state index is -0.699. The Morgan fingerprint density at radius 2 is 2.25 bits per heavy atom. The zero-order valence-corrected chi connectivity index (χ0v) is 14.3. The van der Waals surface area contributed by atoms with E-state index in [4.69, 9.17) is 4.42 Å². The topological polar surface area (TPSA) is 96.7 Å². The maximum absolute atomic E-state index is 12.2. The quantitative estimate of drug-likeness (QED) is 0.836.